The summed E-state index contributed by atoms with van der Waals surface area (Å²) >= 11 is 0. The lowest BCUT2D eigenvalue weighted by Gasteiger charge is -2.04. The van der Waals surface area contributed by atoms with Crippen LogP contribution in [0.25, 0.3) is 0 Å². The monoisotopic (exact) mass is 218 g/mol. The summed E-state index contributed by atoms with van der Waals surface area (Å²) in [4.78, 5) is -0.312. The fraction of sp³-hybridized carbons (Fsp3) is 0.333. The summed E-state index contributed by atoms with van der Waals surface area (Å²) in [5.74, 6) is -1.23. The molecule has 0 heterocycles. The molecule has 0 bridgehead atoms. The van der Waals surface area contributed by atoms with E-state index in [9.17, 15) is 12.8 Å². The Morgan fingerprint density at radius 2 is 2.00 bits per heavy atom. The number of benzene rings is 1. The smallest absolute Gasteiger partial charge is 0.205 e. The van der Waals surface area contributed by atoms with Crippen molar-refractivity contribution in [2.45, 2.75) is 11.8 Å². The standard InChI is InChI=1S/C9H11FO3S/c1-2-13-7-14(11,12)9-6-4-3-5-8(9)10/h3-6H,2,7H2,1H3. The molecule has 0 radical (unpaired) electrons. The average molecular weight is 218 g/mol. The van der Waals surface area contributed by atoms with Crippen molar-refractivity contribution in [3.63, 3.8) is 0 Å². The highest BCUT2D eigenvalue weighted by atomic mass is 32.2. The minimum atomic E-state index is -3.65. The Morgan fingerprint density at radius 3 is 2.57 bits per heavy atom. The SMILES string of the molecule is CCOCS(=O)(=O)c1ccccc1F. The summed E-state index contributed by atoms with van der Waals surface area (Å²) in [6.07, 6.45) is 0. The van der Waals surface area contributed by atoms with Crippen LogP contribution in [-0.2, 0) is 14.6 Å². The molecule has 3 nitrogen and oxygen atoms in total. The molecule has 0 unspecified atom stereocenters. The highest BCUT2D eigenvalue weighted by Crippen LogP contribution is 2.15. The van der Waals surface area contributed by atoms with Crippen LogP contribution in [0.3, 0.4) is 0 Å². The van der Waals surface area contributed by atoms with Crippen molar-refractivity contribution in [2.75, 3.05) is 12.5 Å². The van der Waals surface area contributed by atoms with Gasteiger partial charge in [0, 0.05) is 6.61 Å². The summed E-state index contributed by atoms with van der Waals surface area (Å²) < 4.78 is 40.7. The molecule has 0 saturated heterocycles. The summed E-state index contributed by atoms with van der Waals surface area (Å²) in [6.45, 7) is 1.96. The van der Waals surface area contributed by atoms with Crippen LogP contribution in [0.5, 0.6) is 0 Å². The first-order valence-corrected chi connectivity index (χ1v) is 5.78. The van der Waals surface area contributed by atoms with Gasteiger partial charge in [-0.2, -0.15) is 0 Å². The van der Waals surface area contributed by atoms with E-state index in [1.165, 1.54) is 18.2 Å². The van der Waals surface area contributed by atoms with Gasteiger partial charge in [0.15, 0.2) is 5.94 Å². The van der Waals surface area contributed by atoms with Crippen LogP contribution < -0.4 is 0 Å². The molecule has 0 amide bonds. The fourth-order valence-corrected chi connectivity index (χ4v) is 2.12. The van der Waals surface area contributed by atoms with Gasteiger partial charge in [-0.15, -0.1) is 0 Å². The van der Waals surface area contributed by atoms with Gasteiger partial charge in [-0.3, -0.25) is 0 Å². The zero-order valence-corrected chi connectivity index (χ0v) is 8.55. The molecule has 1 aromatic rings. The predicted molar refractivity (Wildman–Crippen MR) is 50.1 cm³/mol. The second kappa shape index (κ2) is 4.52. The zero-order valence-electron chi connectivity index (χ0n) is 7.73. The molecule has 0 saturated carbocycles. The van der Waals surface area contributed by atoms with Crippen molar-refractivity contribution >= 4 is 9.84 Å². The molecule has 0 aliphatic heterocycles. The Morgan fingerprint density at radius 1 is 1.36 bits per heavy atom. The molecule has 14 heavy (non-hydrogen) atoms. The maximum absolute atomic E-state index is 13.1. The Hall–Kier alpha value is -0.940. The van der Waals surface area contributed by atoms with Gasteiger partial charge in [0.2, 0.25) is 9.84 Å². The lowest BCUT2D eigenvalue weighted by atomic mass is 10.4. The maximum atomic E-state index is 13.1. The molecule has 5 heteroatoms. The van der Waals surface area contributed by atoms with Gasteiger partial charge in [-0.25, -0.2) is 12.8 Å². The normalized spacial score (nSPS) is 11.6. The molecule has 0 aliphatic rings. The first kappa shape index (κ1) is 11.1. The van der Waals surface area contributed by atoms with E-state index in [0.29, 0.717) is 0 Å². The van der Waals surface area contributed by atoms with E-state index >= 15 is 0 Å². The van der Waals surface area contributed by atoms with E-state index in [-0.39, 0.29) is 11.5 Å². The molecular formula is C9H11FO3S. The number of halogens is 1. The second-order valence-electron chi connectivity index (χ2n) is 2.66. The van der Waals surface area contributed by atoms with Crippen LogP contribution in [0.4, 0.5) is 4.39 Å². The van der Waals surface area contributed by atoms with E-state index in [1.54, 1.807) is 6.92 Å². The van der Waals surface area contributed by atoms with E-state index in [4.69, 9.17) is 4.74 Å². The molecule has 78 valence electrons. The third kappa shape index (κ3) is 2.52. The van der Waals surface area contributed by atoms with Crippen molar-refractivity contribution in [1.29, 1.82) is 0 Å². The minimum Gasteiger partial charge on any atom is -0.365 e. The molecule has 0 spiro atoms. The Balaban J connectivity index is 2.99. The summed E-state index contributed by atoms with van der Waals surface area (Å²) in [7, 11) is -3.65. The van der Waals surface area contributed by atoms with Gasteiger partial charge < -0.3 is 4.74 Å². The first-order chi connectivity index (χ1) is 6.58. The van der Waals surface area contributed by atoms with E-state index in [2.05, 4.69) is 0 Å². The third-order valence-corrected chi connectivity index (χ3v) is 3.09. The summed E-state index contributed by atoms with van der Waals surface area (Å²) in [5.41, 5.74) is 0. The number of ether oxygens (including phenoxy) is 1. The lowest BCUT2D eigenvalue weighted by Crippen LogP contribution is -2.11. The van der Waals surface area contributed by atoms with Crippen LogP contribution in [0.1, 0.15) is 6.92 Å². The highest BCUT2D eigenvalue weighted by Gasteiger charge is 2.18. The van der Waals surface area contributed by atoms with E-state index in [1.807, 2.05) is 0 Å². The Bertz CT molecular complexity index is 400. The van der Waals surface area contributed by atoms with Crippen LogP contribution in [0, 0.1) is 5.82 Å². The van der Waals surface area contributed by atoms with Crippen molar-refractivity contribution in [2.24, 2.45) is 0 Å². The van der Waals surface area contributed by atoms with Gasteiger partial charge in [0.05, 0.1) is 0 Å². The van der Waals surface area contributed by atoms with Crippen LogP contribution in [0.2, 0.25) is 0 Å². The van der Waals surface area contributed by atoms with Gasteiger partial charge in [-0.05, 0) is 19.1 Å². The lowest BCUT2D eigenvalue weighted by molar-refractivity contribution is 0.192. The van der Waals surface area contributed by atoms with E-state index < -0.39 is 21.6 Å². The maximum Gasteiger partial charge on any atom is 0.205 e. The molecule has 1 aromatic carbocycles. The molecule has 0 fully saturated rings. The van der Waals surface area contributed by atoms with Gasteiger partial charge in [0.1, 0.15) is 10.7 Å². The first-order valence-electron chi connectivity index (χ1n) is 4.13. The topological polar surface area (TPSA) is 43.4 Å². The second-order valence-corrected chi connectivity index (χ2v) is 4.56. The van der Waals surface area contributed by atoms with E-state index in [0.717, 1.165) is 6.07 Å². The Labute approximate surface area is 82.4 Å². The molecule has 0 aliphatic carbocycles. The highest BCUT2D eigenvalue weighted by molar-refractivity contribution is 7.91. The van der Waals surface area contributed by atoms with Crippen molar-refractivity contribution < 1.29 is 17.5 Å². The summed E-state index contributed by atoms with van der Waals surface area (Å²) in [5, 5.41) is 0. The van der Waals surface area contributed by atoms with Crippen molar-refractivity contribution in [3.05, 3.63) is 30.1 Å². The number of rotatable bonds is 4. The summed E-state index contributed by atoms with van der Waals surface area (Å²) in [6, 6.07) is 5.25. The molecular weight excluding hydrogens is 207 g/mol. The van der Waals surface area contributed by atoms with Crippen molar-refractivity contribution in [3.8, 4) is 0 Å². The van der Waals surface area contributed by atoms with Crippen LogP contribution in [-0.4, -0.2) is 21.0 Å². The minimum absolute atomic E-state index is 0.285. The van der Waals surface area contributed by atoms with Gasteiger partial charge in [-0.1, -0.05) is 12.1 Å². The Kier molecular flexibility index (Phi) is 3.60. The molecule has 0 aromatic heterocycles. The van der Waals surface area contributed by atoms with Crippen LogP contribution in [0.15, 0.2) is 29.2 Å². The zero-order chi connectivity index (χ0) is 10.6. The molecule has 0 N–H and O–H groups in total. The van der Waals surface area contributed by atoms with Crippen molar-refractivity contribution in [1.82, 2.24) is 0 Å². The molecule has 0 atom stereocenters. The quantitative estimate of drug-likeness (QED) is 0.770. The predicted octanol–water partition coefficient (Wildman–Crippen LogP) is 1.59. The molecule has 1 rings (SSSR count). The third-order valence-electron chi connectivity index (χ3n) is 1.61. The van der Waals surface area contributed by atoms with Gasteiger partial charge >= 0.3 is 0 Å². The fourth-order valence-electron chi connectivity index (χ4n) is 0.953. The average Bonchev–Trinajstić information content (AvgIpc) is 2.15. The number of sulfone groups is 1. The van der Waals surface area contributed by atoms with Crippen LogP contribution >= 0.6 is 0 Å². The number of hydrogen-bond acceptors (Lipinski definition) is 3. The van der Waals surface area contributed by atoms with Gasteiger partial charge in [0.25, 0.3) is 0 Å². The number of hydrogen-bond donors (Lipinski definition) is 0. The largest absolute Gasteiger partial charge is 0.365 e.